The molecule has 0 saturated heterocycles. The van der Waals surface area contributed by atoms with Crippen LogP contribution >= 0.6 is 0 Å². The number of nitro groups is 1. The van der Waals surface area contributed by atoms with E-state index < -0.39 is 27.2 Å². The molecule has 3 rings (SSSR count). The third kappa shape index (κ3) is 2.18. The number of fused-ring (bicyclic) bond motifs is 1. The molecule has 0 spiro atoms. The first-order valence-electron chi connectivity index (χ1n) is 6.69. The lowest BCUT2D eigenvalue weighted by Gasteiger charge is -2.17. The van der Waals surface area contributed by atoms with Gasteiger partial charge in [-0.25, -0.2) is 0 Å². The smallest absolute Gasteiger partial charge is 0.289 e. The minimum Gasteiger partial charge on any atom is -0.612 e. The highest BCUT2D eigenvalue weighted by Crippen LogP contribution is 2.38. The molecule has 1 aliphatic rings. The van der Waals surface area contributed by atoms with Gasteiger partial charge in [0.2, 0.25) is 0 Å². The Morgan fingerprint density at radius 3 is 2.67 bits per heavy atom. The number of nitrogens with two attached hydrogens (primary N) is 1. The molecule has 1 heterocycles. The summed E-state index contributed by atoms with van der Waals surface area (Å²) < 4.78 is 4.55. The maximum Gasteiger partial charge on any atom is 0.289 e. The highest BCUT2D eigenvalue weighted by molar-refractivity contribution is 6.06. The van der Waals surface area contributed by atoms with Gasteiger partial charge in [-0.2, -0.15) is 4.90 Å². The molecule has 124 valence electrons. The summed E-state index contributed by atoms with van der Waals surface area (Å²) in [6.45, 7) is 1.75. The Hall–Kier alpha value is -3.63. The van der Waals surface area contributed by atoms with Gasteiger partial charge in [0.15, 0.2) is 10.5 Å². The summed E-state index contributed by atoms with van der Waals surface area (Å²) in [6.07, 6.45) is 0.806. The number of nitrogen functional groups attached to an aromatic ring is 1. The summed E-state index contributed by atoms with van der Waals surface area (Å²) in [5.74, 6) is -1.20. The lowest BCUT2D eigenvalue weighted by atomic mass is 9.84. The zero-order chi connectivity index (χ0) is 17.6. The van der Waals surface area contributed by atoms with Crippen molar-refractivity contribution in [2.24, 2.45) is 0 Å². The van der Waals surface area contributed by atoms with E-state index in [9.17, 15) is 25.4 Å². The van der Waals surface area contributed by atoms with Crippen LogP contribution in [-0.4, -0.2) is 20.7 Å². The SMILES string of the molecule is Cc1ccc(N)c(C2C([N+](=O)[O-])=CC(=[N+]([O-])[O-])c3[nH]o[n+](=O)c32)c1. The minimum atomic E-state index is -1.20. The van der Waals surface area contributed by atoms with E-state index >= 15 is 0 Å². The van der Waals surface area contributed by atoms with Crippen molar-refractivity contribution in [1.29, 1.82) is 0 Å². The maximum atomic E-state index is 12.0. The Morgan fingerprint density at radius 1 is 1.33 bits per heavy atom. The van der Waals surface area contributed by atoms with Crippen LogP contribution in [0.5, 0.6) is 0 Å². The zero-order valence-corrected chi connectivity index (χ0v) is 12.3. The van der Waals surface area contributed by atoms with Crippen molar-refractivity contribution >= 4 is 11.4 Å². The Kier molecular flexibility index (Phi) is 3.32. The fourth-order valence-electron chi connectivity index (χ4n) is 2.70. The van der Waals surface area contributed by atoms with Crippen molar-refractivity contribution in [3.8, 4) is 0 Å². The number of allylic oxidation sites excluding steroid dienone is 2. The van der Waals surface area contributed by atoms with Gasteiger partial charge in [0.25, 0.3) is 22.8 Å². The number of nitrogens with zero attached hydrogens (tertiary/aromatic N) is 3. The molecular formula is C13H11N5O6. The number of nitrogens with one attached hydrogen (secondary N) is 1. The molecule has 24 heavy (non-hydrogen) atoms. The minimum absolute atomic E-state index is 0.0121. The van der Waals surface area contributed by atoms with Crippen LogP contribution < -0.4 is 10.3 Å². The maximum absolute atomic E-state index is 12.0. The van der Waals surface area contributed by atoms with Crippen molar-refractivity contribution in [2.75, 3.05) is 5.73 Å². The average Bonchev–Trinajstić information content (AvgIpc) is 2.90. The fourth-order valence-corrected chi connectivity index (χ4v) is 2.70. The number of aromatic amines is 1. The second-order valence-electron chi connectivity index (χ2n) is 5.24. The summed E-state index contributed by atoms with van der Waals surface area (Å²) in [6, 6.07) is 4.85. The Labute approximate surface area is 133 Å². The topological polar surface area (TPSA) is 170 Å². The van der Waals surface area contributed by atoms with Gasteiger partial charge in [0.1, 0.15) is 0 Å². The van der Waals surface area contributed by atoms with Crippen LogP contribution in [0.2, 0.25) is 0 Å². The number of rotatable bonds is 2. The standard InChI is InChI=1S/C13H11N5O6/c1-6-2-3-8(14)7(4-6)11-9(16(19)20)5-10(17(21)22)12-13(11)18(23)24-15-12/h2-5,11,15H,14H2,1H3. The molecule has 1 unspecified atom stereocenters. The molecule has 0 fully saturated rings. The highest BCUT2D eigenvalue weighted by Gasteiger charge is 2.48. The molecule has 0 saturated carbocycles. The van der Waals surface area contributed by atoms with E-state index in [0.29, 0.717) is 5.56 Å². The molecule has 2 aromatic rings. The van der Waals surface area contributed by atoms with Gasteiger partial charge in [0, 0.05) is 5.69 Å². The van der Waals surface area contributed by atoms with Gasteiger partial charge < -0.3 is 16.1 Å². The van der Waals surface area contributed by atoms with Crippen LogP contribution in [0.1, 0.15) is 28.4 Å². The summed E-state index contributed by atoms with van der Waals surface area (Å²) in [7, 11) is 0. The molecule has 11 nitrogen and oxygen atoms in total. The Bertz CT molecular complexity index is 965. The molecule has 0 bridgehead atoms. The molecule has 0 radical (unpaired) electrons. The molecule has 0 aliphatic heterocycles. The van der Waals surface area contributed by atoms with E-state index in [1.165, 1.54) is 0 Å². The largest absolute Gasteiger partial charge is 0.612 e. The Morgan fingerprint density at radius 2 is 2.04 bits per heavy atom. The predicted octanol–water partition coefficient (Wildman–Crippen LogP) is 0.516. The third-order valence-electron chi connectivity index (χ3n) is 3.75. The van der Waals surface area contributed by atoms with Gasteiger partial charge in [-0.05, 0) is 23.5 Å². The number of H-pyrrole nitrogens is 1. The van der Waals surface area contributed by atoms with Crippen LogP contribution in [0.4, 0.5) is 5.69 Å². The van der Waals surface area contributed by atoms with E-state index in [0.717, 1.165) is 11.6 Å². The number of hydrogen-bond donors (Lipinski definition) is 2. The molecule has 1 atom stereocenters. The molecule has 1 aliphatic carbocycles. The van der Waals surface area contributed by atoms with E-state index in [1.807, 2.05) is 0 Å². The van der Waals surface area contributed by atoms with Crippen LogP contribution in [0.3, 0.4) is 0 Å². The Balaban J connectivity index is 2.39. The third-order valence-corrected chi connectivity index (χ3v) is 3.75. The highest BCUT2D eigenvalue weighted by atomic mass is 16.8. The van der Waals surface area contributed by atoms with Crippen LogP contribution in [0.25, 0.3) is 0 Å². The molecule has 3 N–H and O–H groups in total. The van der Waals surface area contributed by atoms with Crippen LogP contribution in [0, 0.1) is 32.4 Å². The predicted molar refractivity (Wildman–Crippen MR) is 80.0 cm³/mol. The normalized spacial score (nSPS) is 16.5. The first-order valence-corrected chi connectivity index (χ1v) is 6.69. The van der Waals surface area contributed by atoms with Gasteiger partial charge in [-0.3, -0.25) is 10.1 Å². The number of aromatic nitrogens is 2. The number of hydrogen-bond acceptors (Lipinski definition) is 7. The van der Waals surface area contributed by atoms with Crippen molar-refractivity contribution in [1.82, 2.24) is 5.16 Å². The molecule has 11 heteroatoms. The second kappa shape index (κ2) is 5.22. The van der Waals surface area contributed by atoms with Gasteiger partial charge >= 0.3 is 0 Å². The molecule has 1 aromatic heterocycles. The number of aryl methyl sites for hydroxylation is 1. The fraction of sp³-hybridized carbons (Fsp3) is 0.154. The number of anilines is 1. The summed E-state index contributed by atoms with van der Waals surface area (Å²) in [4.78, 5) is 21.8. The van der Waals surface area contributed by atoms with Crippen molar-refractivity contribution < 1.29 is 19.1 Å². The summed E-state index contributed by atoms with van der Waals surface area (Å²) in [5, 5.41) is 35.9. The zero-order valence-electron chi connectivity index (χ0n) is 12.3. The van der Waals surface area contributed by atoms with Gasteiger partial charge in [0.05, 0.1) is 11.0 Å². The van der Waals surface area contributed by atoms with Crippen molar-refractivity contribution in [3.05, 3.63) is 77.9 Å². The number of benzene rings is 1. The molecule has 1 aromatic carbocycles. The van der Waals surface area contributed by atoms with Gasteiger partial charge in [-0.15, -0.1) is 0 Å². The van der Waals surface area contributed by atoms with Crippen LogP contribution in [-0.2, 0) is 0 Å². The molecule has 0 amide bonds. The van der Waals surface area contributed by atoms with E-state index in [2.05, 4.69) is 9.79 Å². The summed E-state index contributed by atoms with van der Waals surface area (Å²) >= 11 is 0. The van der Waals surface area contributed by atoms with Gasteiger partial charge in [-0.1, -0.05) is 27.5 Å². The van der Waals surface area contributed by atoms with E-state index in [1.54, 1.807) is 25.1 Å². The van der Waals surface area contributed by atoms with Crippen molar-refractivity contribution in [2.45, 2.75) is 12.8 Å². The average molecular weight is 333 g/mol. The van der Waals surface area contributed by atoms with E-state index in [-0.39, 0.29) is 21.7 Å². The second-order valence-corrected chi connectivity index (χ2v) is 5.24. The quantitative estimate of drug-likeness (QED) is 0.349. The summed E-state index contributed by atoms with van der Waals surface area (Å²) in [5.41, 5.74) is 5.50. The first-order chi connectivity index (χ1) is 11.3. The lowest BCUT2D eigenvalue weighted by Crippen LogP contribution is -2.31. The monoisotopic (exact) mass is 333 g/mol. The van der Waals surface area contributed by atoms with E-state index in [4.69, 9.17) is 5.73 Å². The lowest BCUT2D eigenvalue weighted by molar-refractivity contribution is -0.720. The van der Waals surface area contributed by atoms with Crippen molar-refractivity contribution in [3.63, 3.8) is 0 Å². The molecular weight excluding hydrogens is 322 g/mol. The van der Waals surface area contributed by atoms with Crippen LogP contribution in [0.15, 0.2) is 34.6 Å². The first kappa shape index (κ1) is 15.3.